The zero-order chi connectivity index (χ0) is 20.8. The molecule has 2 heterocycles. The van der Waals surface area contributed by atoms with Crippen LogP contribution in [0, 0.1) is 20.8 Å². The molecule has 3 aromatic rings. The van der Waals surface area contributed by atoms with Gasteiger partial charge in [-0.2, -0.15) is 0 Å². The summed E-state index contributed by atoms with van der Waals surface area (Å²) in [6.07, 6.45) is 7.15. The molecule has 0 aliphatic heterocycles. The van der Waals surface area contributed by atoms with Crippen LogP contribution in [0.3, 0.4) is 0 Å². The van der Waals surface area contributed by atoms with Gasteiger partial charge in [0.2, 0.25) is 5.91 Å². The number of nitrogens with zero attached hydrogens (tertiary/aromatic N) is 2. The van der Waals surface area contributed by atoms with Crippen molar-refractivity contribution < 1.29 is 4.79 Å². The molecule has 1 N–H and O–H groups in total. The lowest BCUT2D eigenvalue weighted by molar-refractivity contribution is -0.113. The second kappa shape index (κ2) is 7.97. The van der Waals surface area contributed by atoms with Crippen LogP contribution in [0.1, 0.15) is 64.6 Å². The third-order valence-electron chi connectivity index (χ3n) is 6.02. The number of carbonyl (C=O) groups excluding carboxylic acids is 1. The molecule has 4 nitrogen and oxygen atoms in total. The Kier molecular flexibility index (Phi) is 5.31. The van der Waals surface area contributed by atoms with E-state index in [1.165, 1.54) is 47.1 Å². The number of aryl methyl sites for hydroxylation is 5. The molecule has 0 unspecified atom stereocenters. The van der Waals surface area contributed by atoms with E-state index < -0.39 is 0 Å². The Morgan fingerprint density at radius 1 is 1.13 bits per heavy atom. The highest BCUT2D eigenvalue weighted by Crippen LogP contribution is 2.44. The molecule has 2 aliphatic rings. The first-order valence-corrected chi connectivity index (χ1v) is 12.6. The average Bonchev–Trinajstić information content (AvgIpc) is 3.49. The van der Waals surface area contributed by atoms with Gasteiger partial charge in [-0.15, -0.1) is 11.3 Å². The summed E-state index contributed by atoms with van der Waals surface area (Å²) < 4.78 is 0. The normalized spacial score (nSPS) is 16.0. The van der Waals surface area contributed by atoms with Crippen LogP contribution in [-0.4, -0.2) is 21.6 Å². The number of aromatic nitrogens is 2. The summed E-state index contributed by atoms with van der Waals surface area (Å²) >= 11 is 3.42. The maximum Gasteiger partial charge on any atom is 0.234 e. The average molecular weight is 438 g/mol. The van der Waals surface area contributed by atoms with Gasteiger partial charge in [-0.25, -0.2) is 9.97 Å². The first-order valence-electron chi connectivity index (χ1n) is 10.8. The van der Waals surface area contributed by atoms with Crippen molar-refractivity contribution in [3.05, 3.63) is 45.1 Å². The molecule has 2 aromatic heterocycles. The molecule has 156 valence electrons. The van der Waals surface area contributed by atoms with Crippen molar-refractivity contribution in [2.45, 2.75) is 70.2 Å². The fourth-order valence-corrected chi connectivity index (χ4v) is 6.65. The van der Waals surface area contributed by atoms with Crippen LogP contribution in [0.4, 0.5) is 5.69 Å². The van der Waals surface area contributed by atoms with Gasteiger partial charge in [0.15, 0.2) is 0 Å². The molecule has 0 bridgehead atoms. The third-order valence-corrected chi connectivity index (χ3v) is 8.18. The number of hydrogen-bond acceptors (Lipinski definition) is 5. The summed E-state index contributed by atoms with van der Waals surface area (Å²) in [7, 11) is 0. The second-order valence-electron chi connectivity index (χ2n) is 8.66. The Morgan fingerprint density at radius 2 is 1.87 bits per heavy atom. The minimum absolute atomic E-state index is 0.0267. The predicted octanol–water partition coefficient (Wildman–Crippen LogP) is 6.10. The lowest BCUT2D eigenvalue weighted by Gasteiger charge is -2.14. The van der Waals surface area contributed by atoms with Crippen LogP contribution in [0.5, 0.6) is 0 Å². The largest absolute Gasteiger partial charge is 0.325 e. The molecular weight excluding hydrogens is 410 g/mol. The number of hydrogen-bond donors (Lipinski definition) is 1. The van der Waals surface area contributed by atoms with Crippen molar-refractivity contribution in [2.75, 3.05) is 11.1 Å². The Morgan fingerprint density at radius 3 is 2.60 bits per heavy atom. The number of amides is 1. The van der Waals surface area contributed by atoms with Crippen LogP contribution < -0.4 is 5.32 Å². The monoisotopic (exact) mass is 437 g/mol. The van der Waals surface area contributed by atoms with E-state index in [0.717, 1.165) is 45.3 Å². The number of carbonyl (C=O) groups is 1. The first-order chi connectivity index (χ1) is 14.5. The zero-order valence-electron chi connectivity index (χ0n) is 17.8. The highest BCUT2D eigenvalue weighted by molar-refractivity contribution is 8.00. The number of nitrogens with one attached hydrogen (secondary N) is 1. The molecule has 30 heavy (non-hydrogen) atoms. The topological polar surface area (TPSA) is 54.9 Å². The van der Waals surface area contributed by atoms with Crippen molar-refractivity contribution in [1.29, 1.82) is 0 Å². The van der Waals surface area contributed by atoms with Crippen LogP contribution in [-0.2, 0) is 17.6 Å². The fraction of sp³-hybridized carbons (Fsp3) is 0.458. The van der Waals surface area contributed by atoms with E-state index in [0.29, 0.717) is 11.7 Å². The van der Waals surface area contributed by atoms with Crippen LogP contribution in [0.15, 0.2) is 17.2 Å². The molecule has 0 radical (unpaired) electrons. The van der Waals surface area contributed by atoms with Gasteiger partial charge in [-0.3, -0.25) is 4.79 Å². The molecule has 1 fully saturated rings. The summed E-state index contributed by atoms with van der Waals surface area (Å²) in [4.78, 5) is 25.3. The van der Waals surface area contributed by atoms with E-state index in [-0.39, 0.29) is 5.91 Å². The summed E-state index contributed by atoms with van der Waals surface area (Å²) in [6, 6.07) is 4.23. The molecule has 6 heteroatoms. The number of thioether (sulfide) groups is 1. The molecular formula is C24H27N3OS2. The molecule has 2 aliphatic carbocycles. The Bertz CT molecular complexity index is 1120. The van der Waals surface area contributed by atoms with Crippen LogP contribution >= 0.6 is 23.1 Å². The van der Waals surface area contributed by atoms with Gasteiger partial charge in [0.25, 0.3) is 0 Å². The summed E-state index contributed by atoms with van der Waals surface area (Å²) in [5.74, 6) is 1.89. The molecule has 1 saturated carbocycles. The first kappa shape index (κ1) is 20.0. The van der Waals surface area contributed by atoms with E-state index in [1.54, 1.807) is 11.8 Å². The molecule has 0 saturated heterocycles. The maximum absolute atomic E-state index is 12.8. The van der Waals surface area contributed by atoms with Crippen molar-refractivity contribution in [3.8, 4) is 0 Å². The van der Waals surface area contributed by atoms with Crippen LogP contribution in [0.2, 0.25) is 0 Å². The van der Waals surface area contributed by atoms with Gasteiger partial charge in [-0.1, -0.05) is 29.5 Å². The lowest BCUT2D eigenvalue weighted by atomic mass is 9.97. The summed E-state index contributed by atoms with van der Waals surface area (Å²) in [6.45, 7) is 6.19. The minimum Gasteiger partial charge on any atom is -0.325 e. The van der Waals surface area contributed by atoms with Gasteiger partial charge in [0, 0.05) is 21.9 Å². The molecule has 0 spiro atoms. The van der Waals surface area contributed by atoms with Crippen molar-refractivity contribution in [1.82, 2.24) is 9.97 Å². The maximum atomic E-state index is 12.8. The van der Waals surface area contributed by atoms with E-state index in [4.69, 9.17) is 9.97 Å². The smallest absolute Gasteiger partial charge is 0.234 e. The fourth-order valence-electron chi connectivity index (χ4n) is 4.45. The van der Waals surface area contributed by atoms with Crippen molar-refractivity contribution in [3.63, 3.8) is 0 Å². The summed E-state index contributed by atoms with van der Waals surface area (Å²) in [5, 5.41) is 5.36. The Hall–Kier alpha value is -1.92. The van der Waals surface area contributed by atoms with Crippen molar-refractivity contribution in [2.24, 2.45) is 0 Å². The predicted molar refractivity (Wildman–Crippen MR) is 126 cm³/mol. The third kappa shape index (κ3) is 3.87. The van der Waals surface area contributed by atoms with Gasteiger partial charge in [-0.05, 0) is 76.0 Å². The van der Waals surface area contributed by atoms with E-state index in [2.05, 4.69) is 38.2 Å². The van der Waals surface area contributed by atoms with Gasteiger partial charge in [0.1, 0.15) is 15.7 Å². The SMILES string of the molecule is Cc1cc(C)c(NC(=O)CSc2nc(C3CC3)nc3sc4c(c23)CCCC4)c(C)c1. The number of thiophene rings is 1. The standard InChI is InChI=1S/C24H27N3OS2/c1-13-10-14(2)21(15(3)11-13)25-19(28)12-29-23-20-17-6-4-5-7-18(17)30-24(20)27-22(26-23)16-8-9-16/h10-11,16H,4-9,12H2,1-3H3,(H,25,28). The Labute approximate surface area is 185 Å². The number of anilines is 1. The highest BCUT2D eigenvalue weighted by Gasteiger charge is 2.29. The van der Waals surface area contributed by atoms with Crippen molar-refractivity contribution >= 4 is 44.9 Å². The second-order valence-corrected chi connectivity index (χ2v) is 10.7. The lowest BCUT2D eigenvalue weighted by Crippen LogP contribution is -2.16. The molecule has 1 amide bonds. The quantitative estimate of drug-likeness (QED) is 0.387. The minimum atomic E-state index is 0.0267. The number of benzene rings is 1. The molecule has 0 atom stereocenters. The van der Waals surface area contributed by atoms with E-state index >= 15 is 0 Å². The van der Waals surface area contributed by atoms with E-state index in [9.17, 15) is 4.79 Å². The highest BCUT2D eigenvalue weighted by atomic mass is 32.2. The van der Waals surface area contributed by atoms with E-state index in [1.807, 2.05) is 11.3 Å². The number of fused-ring (bicyclic) bond motifs is 3. The van der Waals surface area contributed by atoms with Gasteiger partial charge < -0.3 is 5.32 Å². The molecule has 1 aromatic carbocycles. The number of rotatable bonds is 5. The van der Waals surface area contributed by atoms with Gasteiger partial charge in [0.05, 0.1) is 5.75 Å². The Balaban J connectivity index is 1.41. The zero-order valence-corrected chi connectivity index (χ0v) is 19.4. The van der Waals surface area contributed by atoms with Crippen LogP contribution in [0.25, 0.3) is 10.2 Å². The summed E-state index contributed by atoms with van der Waals surface area (Å²) in [5.41, 5.74) is 5.81. The molecule has 5 rings (SSSR count). The van der Waals surface area contributed by atoms with Gasteiger partial charge >= 0.3 is 0 Å².